The van der Waals surface area contributed by atoms with Gasteiger partial charge in [-0.3, -0.25) is 44.2 Å². The molecule has 0 spiro atoms. The second-order valence-corrected chi connectivity index (χ2v) is 30.3. The molecule has 32 nitrogen and oxygen atoms in total. The Morgan fingerprint density at radius 1 is 0.375 bits per heavy atom. The number of fused-ring (bicyclic) bond motifs is 9. The molecule has 20 rings (SSSR count). The van der Waals surface area contributed by atoms with E-state index in [2.05, 4.69) is 118 Å². The highest BCUT2D eigenvalue weighted by atomic mass is 16.2. The first-order chi connectivity index (χ1) is 54.6. The average molecular weight is 1500 g/mol. The fourth-order valence-electron chi connectivity index (χ4n) is 17.6. The first kappa shape index (κ1) is 71.9. The highest BCUT2D eigenvalue weighted by Gasteiger charge is 2.51. The number of anilines is 4. The van der Waals surface area contributed by atoms with E-state index >= 15 is 0 Å². The molecule has 11 aromatic heterocycles. The predicted octanol–water partition coefficient (Wildman–Crippen LogP) is 8.59. The van der Waals surface area contributed by atoms with E-state index in [1.807, 2.05) is 96.8 Å². The highest BCUT2D eigenvalue weighted by Crippen LogP contribution is 2.44. The highest BCUT2D eigenvalue weighted by molar-refractivity contribution is 6.06. The summed E-state index contributed by atoms with van der Waals surface area (Å²) in [5.41, 5.74) is 8.84. The second-order valence-electron chi connectivity index (χ2n) is 30.3. The Morgan fingerprint density at radius 2 is 0.830 bits per heavy atom. The van der Waals surface area contributed by atoms with Crippen LogP contribution in [0.5, 0.6) is 0 Å². The summed E-state index contributed by atoms with van der Waals surface area (Å²) in [5.74, 6) is 6.03. The van der Waals surface area contributed by atoms with E-state index in [0.29, 0.717) is 69.1 Å². The molecule has 112 heavy (non-hydrogen) atoms. The molecule has 568 valence electrons. The zero-order chi connectivity index (χ0) is 76.5. The SMILES string of the molecule is Cc1ccc(NC2CC3CC2N(C(=O)c2cccc4cn[nH]c24)C3)nc1.Cc1cnc(C(=O)N2CC3CC(Nc4cnc(C)cn4)C2C3)c(-n2nccn2)c1.Cc1cnc(NC2CC3CC2N(C(=O)c2cccnc2-n2nccn2)C3)cn1.Cc1cnc(NC2CC3CC2N(C(=O)c2ncccc2-c2ncccn2)C3)cn1. The fraction of sp³-hybridized carbons (Fsp3) is 0.362. The number of aryl methyl sites for hydroxylation is 5. The molecule has 12 atom stereocenters. The largest absolute Gasteiger partial charge is 0.365 e. The summed E-state index contributed by atoms with van der Waals surface area (Å²) in [5, 5.41) is 38.6. The number of hydrogen-bond acceptors (Lipinski definition) is 25. The Morgan fingerprint density at radius 3 is 1.34 bits per heavy atom. The molecular formula is C80H84N28O4. The Labute approximate surface area is 644 Å². The molecule has 8 fully saturated rings. The normalized spacial score (nSPS) is 23.2. The summed E-state index contributed by atoms with van der Waals surface area (Å²) < 4.78 is 0. The number of nitrogens with one attached hydrogen (secondary N) is 5. The number of carbonyl (C=O) groups excluding carboxylic acids is 4. The monoisotopic (exact) mass is 1500 g/mol. The van der Waals surface area contributed by atoms with E-state index in [0.717, 1.165) is 140 Å². The van der Waals surface area contributed by atoms with Gasteiger partial charge in [-0.15, -0.1) is 9.59 Å². The lowest BCUT2D eigenvalue weighted by molar-refractivity contribution is 0.0679. The zero-order valence-electron chi connectivity index (χ0n) is 62.5. The van der Waals surface area contributed by atoms with Gasteiger partial charge >= 0.3 is 0 Å². The van der Waals surface area contributed by atoms with Crippen LogP contribution < -0.4 is 21.3 Å². The minimum Gasteiger partial charge on any atom is -0.365 e. The van der Waals surface area contributed by atoms with Crippen LogP contribution in [0.1, 0.15) is 121 Å². The van der Waals surface area contributed by atoms with Crippen LogP contribution >= 0.6 is 0 Å². The number of aromatic nitrogens is 20. The van der Waals surface area contributed by atoms with Crippen molar-refractivity contribution in [2.24, 2.45) is 23.7 Å². The minimum absolute atomic E-state index is 0.0330. The van der Waals surface area contributed by atoms with Crippen molar-refractivity contribution in [1.82, 2.24) is 120 Å². The molecule has 4 amide bonds. The number of amides is 4. The predicted molar refractivity (Wildman–Crippen MR) is 414 cm³/mol. The molecule has 1 aromatic carbocycles. The first-order valence-electron chi connectivity index (χ1n) is 38.0. The number of nitrogens with zero attached hydrogens (tertiary/aromatic N) is 23. The Kier molecular flexibility index (Phi) is 20.0. The summed E-state index contributed by atoms with van der Waals surface area (Å²) in [6.45, 7) is 12.8. The van der Waals surface area contributed by atoms with Crippen molar-refractivity contribution in [3.05, 3.63) is 223 Å². The Balaban J connectivity index is 0.000000108. The summed E-state index contributed by atoms with van der Waals surface area (Å²) in [6.07, 6.45) is 37.0. The van der Waals surface area contributed by atoms with Crippen LogP contribution in [-0.2, 0) is 0 Å². The Hall–Kier alpha value is -13.0. The van der Waals surface area contributed by atoms with Crippen LogP contribution in [0.4, 0.5) is 23.3 Å². The third kappa shape index (κ3) is 15.0. The average Bonchev–Trinajstić information content (AvgIpc) is 1.63. The van der Waals surface area contributed by atoms with Crippen molar-refractivity contribution in [3.8, 4) is 22.9 Å². The number of benzene rings is 1. The van der Waals surface area contributed by atoms with Gasteiger partial charge in [-0.25, -0.2) is 39.9 Å². The van der Waals surface area contributed by atoms with Gasteiger partial charge < -0.3 is 40.9 Å². The van der Waals surface area contributed by atoms with Crippen LogP contribution in [0.15, 0.2) is 172 Å². The van der Waals surface area contributed by atoms with Crippen molar-refractivity contribution in [2.75, 3.05) is 47.4 Å². The van der Waals surface area contributed by atoms with Gasteiger partial charge in [0.2, 0.25) is 0 Å². The fourth-order valence-corrected chi connectivity index (χ4v) is 17.6. The number of likely N-dealkylation sites (tertiary alicyclic amines) is 4. The van der Waals surface area contributed by atoms with Crippen LogP contribution in [0.2, 0.25) is 0 Å². The molecule has 4 saturated carbocycles. The van der Waals surface area contributed by atoms with E-state index in [1.165, 1.54) is 9.59 Å². The number of carbonyl (C=O) groups is 4. The molecule has 12 aromatic rings. The van der Waals surface area contributed by atoms with Gasteiger partial charge in [-0.2, -0.15) is 25.5 Å². The van der Waals surface area contributed by atoms with E-state index in [1.54, 1.807) is 123 Å². The molecule has 8 bridgehead atoms. The van der Waals surface area contributed by atoms with Gasteiger partial charge in [0.15, 0.2) is 17.3 Å². The molecule has 32 heteroatoms. The van der Waals surface area contributed by atoms with E-state index < -0.39 is 0 Å². The third-order valence-corrected chi connectivity index (χ3v) is 22.5. The maximum atomic E-state index is 13.4. The smallest absolute Gasteiger partial charge is 0.275 e. The number of hydrogen-bond donors (Lipinski definition) is 5. The van der Waals surface area contributed by atoms with Gasteiger partial charge in [-0.05, 0) is 169 Å². The number of pyridine rings is 4. The van der Waals surface area contributed by atoms with Gasteiger partial charge in [0, 0.05) is 92.9 Å². The Bertz CT molecular complexity index is 5330. The lowest BCUT2D eigenvalue weighted by Crippen LogP contribution is -2.48. The third-order valence-electron chi connectivity index (χ3n) is 22.5. The molecule has 15 heterocycles. The maximum absolute atomic E-state index is 13.4. The number of rotatable bonds is 15. The van der Waals surface area contributed by atoms with Gasteiger partial charge in [0.25, 0.3) is 23.6 Å². The summed E-state index contributed by atoms with van der Waals surface area (Å²) in [4.78, 5) is 116. The molecule has 4 aliphatic carbocycles. The summed E-state index contributed by atoms with van der Waals surface area (Å²) in [6, 6.07) is 22.0. The minimum atomic E-state index is -0.0775. The van der Waals surface area contributed by atoms with Crippen LogP contribution in [-0.4, -0.2) is 218 Å². The van der Waals surface area contributed by atoms with Gasteiger partial charge in [-0.1, -0.05) is 18.2 Å². The van der Waals surface area contributed by atoms with Crippen LogP contribution in [0.25, 0.3) is 33.8 Å². The van der Waals surface area contributed by atoms with Crippen molar-refractivity contribution in [2.45, 2.75) is 134 Å². The zero-order valence-corrected chi connectivity index (χ0v) is 62.5. The van der Waals surface area contributed by atoms with E-state index in [9.17, 15) is 19.2 Å². The molecule has 4 aliphatic heterocycles. The molecule has 8 aliphatic rings. The number of aromatic amines is 1. The first-order valence-corrected chi connectivity index (χ1v) is 38.0. The second kappa shape index (κ2) is 31.2. The molecule has 5 N–H and O–H groups in total. The lowest BCUT2D eigenvalue weighted by atomic mass is 10.0. The van der Waals surface area contributed by atoms with Gasteiger partial charge in [0.05, 0.1) is 132 Å². The van der Waals surface area contributed by atoms with Crippen LogP contribution in [0.3, 0.4) is 0 Å². The van der Waals surface area contributed by atoms with Crippen molar-refractivity contribution >= 4 is 57.8 Å². The number of piperidine rings is 4. The number of para-hydroxylation sites is 1. The summed E-state index contributed by atoms with van der Waals surface area (Å²) in [7, 11) is 0. The quantitative estimate of drug-likeness (QED) is 0.0641. The summed E-state index contributed by atoms with van der Waals surface area (Å²) >= 11 is 0. The molecule has 12 unspecified atom stereocenters. The van der Waals surface area contributed by atoms with Crippen molar-refractivity contribution in [3.63, 3.8) is 0 Å². The molecule has 0 radical (unpaired) electrons. The maximum Gasteiger partial charge on any atom is 0.275 e. The topological polar surface area (TPSA) is 374 Å². The van der Waals surface area contributed by atoms with E-state index in [4.69, 9.17) is 0 Å². The number of H-pyrrole nitrogens is 1. The van der Waals surface area contributed by atoms with Crippen molar-refractivity contribution < 1.29 is 19.2 Å². The molecular weight excluding hydrogens is 1420 g/mol. The van der Waals surface area contributed by atoms with E-state index in [-0.39, 0.29) is 72.0 Å². The lowest BCUT2D eigenvalue weighted by Gasteiger charge is -2.34. The van der Waals surface area contributed by atoms with Crippen molar-refractivity contribution in [1.29, 1.82) is 0 Å². The van der Waals surface area contributed by atoms with Gasteiger partial charge in [0.1, 0.15) is 34.7 Å². The molecule has 4 saturated heterocycles. The standard InChI is InChI=1S/C21H21N7O.C20H22N8O.C20H21N5O.C19H20N8O/c1-13-10-26-18(11-25-13)27-16-8-14-9-17(16)28(12-14)21(29)19-15(4-2-5-22-19)20-23-6-3-7-24-20;1-12-5-17(28-24-3-4-25-28)19(23-8-12)20(29)27-11-14-6-15(16(27)7-14)26-18-10-21-13(2)9-22-18;1-12-5-6-18(21-9-12)23-16-7-13-8-17(16)25(11-13)20(26)15-4-2-3-14-10-22-24-19(14)15;1-12-9-22-17(10-21-12)25-15-7-13-8-16(15)26(11-13)19(28)14-3-2-4-20-18(14)27-23-5-6-24-27/h2-7,10-11,14,16-17H,8-9,12H2,1H3,(H,26,27);3-5,8-10,14-16H,6-7,11H2,1-2H3,(H,22,26);2-6,9-10,13,16-17H,7-8,11H2,1H3,(H,21,23)(H,22,24);2-6,9-10,13,15-16H,7-8,11H2,1H3,(H,22,25). The van der Waals surface area contributed by atoms with Crippen LogP contribution in [0, 0.1) is 58.3 Å².